The molecule has 76 valence electrons. The van der Waals surface area contributed by atoms with Crippen LogP contribution in [0.4, 0.5) is 0 Å². The van der Waals surface area contributed by atoms with Crippen molar-refractivity contribution >= 4 is 0 Å². The molecule has 0 atom stereocenters. The maximum atomic E-state index is 6.25. The predicted molar refractivity (Wildman–Crippen MR) is 29.8 cm³/mol. The van der Waals surface area contributed by atoms with E-state index in [4.69, 9.17) is 71.0 Å². The normalized spacial score (nSPS) is 0.800. The molecular formula is C6FeMn2N6. The molecule has 0 aliphatic rings. The van der Waals surface area contributed by atoms with Crippen molar-refractivity contribution < 1.29 is 51.2 Å². The van der Waals surface area contributed by atoms with Gasteiger partial charge in [-0.1, -0.05) is 0 Å². The zero-order valence-corrected chi connectivity index (χ0v) is 10.3. The molecule has 0 aliphatic heterocycles. The molecule has 0 bridgehead atoms. The molecule has 0 unspecified atom stereocenters. The molecule has 0 rings (SSSR count). The Morgan fingerprint density at radius 2 is 0.333 bits per heavy atom. The van der Waals surface area contributed by atoms with Crippen LogP contribution in [0.5, 0.6) is 0 Å². The van der Waals surface area contributed by atoms with Crippen molar-refractivity contribution in [3.05, 3.63) is 39.4 Å². The Morgan fingerprint density at radius 1 is 0.333 bits per heavy atom. The van der Waals surface area contributed by atoms with Gasteiger partial charge in [0.2, 0.25) is 0 Å². The SMILES string of the molecule is [C-]#N.[C-]#N.[C-]#N.[C-]#N.[C-]#N.[C-]#N.[Fe+2].[Mn+2].[Mn+2]. The van der Waals surface area contributed by atoms with Crippen molar-refractivity contribution in [2.75, 3.05) is 0 Å². The molecule has 15 heavy (non-hydrogen) atoms. The van der Waals surface area contributed by atoms with Gasteiger partial charge in [0.05, 0.1) is 0 Å². The first-order valence-electron chi connectivity index (χ1n) is 1.34. The molecule has 0 aliphatic carbocycles. The number of hydrogen-bond acceptors (Lipinski definition) is 6. The first-order chi connectivity index (χ1) is 6.00. The van der Waals surface area contributed by atoms with Crippen LogP contribution in [0.1, 0.15) is 0 Å². The number of rotatable bonds is 0. The third-order valence-electron chi connectivity index (χ3n) is 0. The second-order valence-corrected chi connectivity index (χ2v) is 0. The summed E-state index contributed by atoms with van der Waals surface area (Å²) in [7, 11) is 0. The predicted octanol–water partition coefficient (Wildman–Crippen LogP) is 0.571. The summed E-state index contributed by atoms with van der Waals surface area (Å²) in [6.07, 6.45) is 0. The van der Waals surface area contributed by atoms with Gasteiger partial charge < -0.3 is 71.0 Å². The summed E-state index contributed by atoms with van der Waals surface area (Å²) >= 11 is 0. The molecule has 2 radical (unpaired) electrons. The molecule has 0 aromatic carbocycles. The maximum absolute atomic E-state index is 6.25. The van der Waals surface area contributed by atoms with E-state index >= 15 is 0 Å². The number of nitrogens with zero attached hydrogens (tertiary/aromatic N) is 6. The monoisotopic (exact) mass is 322 g/mol. The molecular weight excluding hydrogens is 322 g/mol. The van der Waals surface area contributed by atoms with Gasteiger partial charge in [-0.05, 0) is 0 Å². The first-order valence-corrected chi connectivity index (χ1v) is 1.34. The fourth-order valence-electron chi connectivity index (χ4n) is 0. The van der Waals surface area contributed by atoms with Gasteiger partial charge in [0, 0.05) is 0 Å². The molecule has 0 saturated carbocycles. The molecule has 6 nitrogen and oxygen atoms in total. The van der Waals surface area contributed by atoms with Crippen LogP contribution in [0.15, 0.2) is 0 Å². The van der Waals surface area contributed by atoms with Crippen LogP contribution in [0.3, 0.4) is 0 Å². The van der Waals surface area contributed by atoms with Crippen LogP contribution in [-0.4, -0.2) is 0 Å². The fourth-order valence-corrected chi connectivity index (χ4v) is 0. The van der Waals surface area contributed by atoms with Gasteiger partial charge in [-0.2, -0.15) is 0 Å². The quantitative estimate of drug-likeness (QED) is 0.471. The van der Waals surface area contributed by atoms with Crippen LogP contribution < -0.4 is 0 Å². The van der Waals surface area contributed by atoms with Crippen molar-refractivity contribution in [2.45, 2.75) is 0 Å². The van der Waals surface area contributed by atoms with Crippen LogP contribution in [0, 0.1) is 71.0 Å². The largest absolute Gasteiger partial charge is 2.00 e. The molecule has 0 N–H and O–H groups in total. The molecule has 0 fully saturated rings. The van der Waals surface area contributed by atoms with Gasteiger partial charge in [0.15, 0.2) is 0 Å². The van der Waals surface area contributed by atoms with E-state index in [1.165, 1.54) is 0 Å². The third kappa shape index (κ3) is 611. The molecule has 0 spiro atoms. The van der Waals surface area contributed by atoms with Gasteiger partial charge in [-0.15, -0.1) is 0 Å². The first kappa shape index (κ1) is 104. The summed E-state index contributed by atoms with van der Waals surface area (Å²) in [5.74, 6) is 0. The van der Waals surface area contributed by atoms with E-state index < -0.39 is 0 Å². The van der Waals surface area contributed by atoms with E-state index in [1.807, 2.05) is 0 Å². The summed E-state index contributed by atoms with van der Waals surface area (Å²) < 4.78 is 0. The minimum atomic E-state index is 0. The molecule has 0 aromatic rings. The van der Waals surface area contributed by atoms with Gasteiger partial charge in [0.1, 0.15) is 0 Å². The second-order valence-electron chi connectivity index (χ2n) is 0. The Hall–Kier alpha value is -1.50. The van der Waals surface area contributed by atoms with E-state index in [0.29, 0.717) is 0 Å². The van der Waals surface area contributed by atoms with Crippen molar-refractivity contribution in [1.29, 1.82) is 31.6 Å². The van der Waals surface area contributed by atoms with E-state index in [2.05, 4.69) is 0 Å². The molecule has 0 saturated heterocycles. The van der Waals surface area contributed by atoms with Gasteiger partial charge in [-0.25, -0.2) is 0 Å². The standard InChI is InChI=1S/6CN.Fe.2Mn/c6*1-2;;;/q6*-1;3*+2. The van der Waals surface area contributed by atoms with E-state index in [9.17, 15) is 0 Å². The Bertz CT molecular complexity index is 101. The van der Waals surface area contributed by atoms with Crippen molar-refractivity contribution in [3.8, 4) is 0 Å². The Balaban J connectivity index is -0.00000000396. The Kier molecular flexibility index (Phi) is 5090. The summed E-state index contributed by atoms with van der Waals surface area (Å²) in [5.41, 5.74) is 0. The van der Waals surface area contributed by atoms with Crippen LogP contribution in [-0.2, 0) is 51.2 Å². The molecule has 0 heterocycles. The maximum Gasteiger partial charge on any atom is 2.00 e. The summed E-state index contributed by atoms with van der Waals surface area (Å²) in [5, 5.41) is 37.5. The summed E-state index contributed by atoms with van der Waals surface area (Å²) in [6, 6.07) is 0. The second kappa shape index (κ2) is 733. The number of hydrogen-bond donors (Lipinski definition) is 0. The zero-order chi connectivity index (χ0) is 12.0. The third-order valence-corrected chi connectivity index (χ3v) is 0. The molecule has 9 heteroatoms. The minimum Gasteiger partial charge on any atom is -0.512 e. The van der Waals surface area contributed by atoms with Gasteiger partial charge in [-0.3, -0.25) is 0 Å². The smallest absolute Gasteiger partial charge is 0.512 e. The molecule has 0 aromatic heterocycles. The zero-order valence-electron chi connectivity index (χ0n) is 6.79. The van der Waals surface area contributed by atoms with Crippen LogP contribution in [0.25, 0.3) is 0 Å². The minimum absolute atomic E-state index is 0. The molecule has 0 amide bonds. The average Bonchev–Trinajstić information content (AvgIpc) is 2.33. The van der Waals surface area contributed by atoms with E-state index in [1.54, 1.807) is 0 Å². The topological polar surface area (TPSA) is 143 Å². The summed E-state index contributed by atoms with van der Waals surface area (Å²) in [4.78, 5) is 0. The van der Waals surface area contributed by atoms with Crippen molar-refractivity contribution in [2.24, 2.45) is 0 Å². The van der Waals surface area contributed by atoms with E-state index in [-0.39, 0.29) is 51.2 Å². The van der Waals surface area contributed by atoms with Crippen LogP contribution >= 0.6 is 0 Å². The Labute approximate surface area is 122 Å². The Morgan fingerprint density at radius 3 is 0.333 bits per heavy atom. The van der Waals surface area contributed by atoms with Gasteiger partial charge >= 0.3 is 51.2 Å². The van der Waals surface area contributed by atoms with Crippen molar-refractivity contribution in [3.63, 3.8) is 0 Å². The van der Waals surface area contributed by atoms with Crippen LogP contribution in [0.2, 0.25) is 0 Å². The summed E-state index contributed by atoms with van der Waals surface area (Å²) in [6.45, 7) is 28.5. The average molecular weight is 322 g/mol. The fraction of sp³-hybridized carbons (Fsp3) is 0. The van der Waals surface area contributed by atoms with E-state index in [0.717, 1.165) is 0 Å². The van der Waals surface area contributed by atoms with Gasteiger partial charge in [0.25, 0.3) is 0 Å². The van der Waals surface area contributed by atoms with Crippen molar-refractivity contribution in [1.82, 2.24) is 0 Å².